The smallest absolute Gasteiger partial charge is 0.266 e. The first kappa shape index (κ1) is 15.5. The summed E-state index contributed by atoms with van der Waals surface area (Å²) in [6.07, 6.45) is -0.252. The number of thiocarbonyl (C=S) groups is 1. The first-order chi connectivity index (χ1) is 9.90. The molecular formula is C14H12NO4S2-. The number of allylic oxidation sites excluding steroid dienone is 1. The zero-order valence-electron chi connectivity index (χ0n) is 11.2. The van der Waals surface area contributed by atoms with Gasteiger partial charge in [-0.25, -0.2) is 0 Å². The number of hydrogen-bond acceptors (Lipinski definition) is 6. The van der Waals surface area contributed by atoms with Crippen LogP contribution < -0.4 is 5.11 Å². The van der Waals surface area contributed by atoms with Gasteiger partial charge in [0.1, 0.15) is 10.1 Å². The summed E-state index contributed by atoms with van der Waals surface area (Å²) in [4.78, 5) is 24.6. The standard InChI is InChI=1S/C14H13NO4S2/c1-8(9-2-4-10(16)5-3-9)12-13(19)15(14(20)21-12)7-6-11(17)18/h2-5,16H,6-7H2,1H3,(H,17,18)/p-1/b12-8+. The Hall–Kier alpha value is -1.86. The number of phenolic OH excluding ortho intramolecular Hbond substituents is 1. The number of carboxylic acids is 1. The van der Waals surface area contributed by atoms with Gasteiger partial charge in [0.2, 0.25) is 0 Å². The van der Waals surface area contributed by atoms with Crippen molar-refractivity contribution in [2.24, 2.45) is 0 Å². The van der Waals surface area contributed by atoms with Crippen molar-refractivity contribution in [1.29, 1.82) is 0 Å². The fourth-order valence-electron chi connectivity index (χ4n) is 1.87. The van der Waals surface area contributed by atoms with E-state index in [0.717, 1.165) is 22.9 Å². The molecule has 2 rings (SSSR count). The maximum absolute atomic E-state index is 12.3. The quantitative estimate of drug-likeness (QED) is 0.661. The van der Waals surface area contributed by atoms with Crippen molar-refractivity contribution >= 4 is 45.7 Å². The SMILES string of the molecule is C/C(=C1\SC(=S)N(CCC(=O)[O-])C1=O)c1ccc(O)cc1. The molecule has 1 aliphatic rings. The van der Waals surface area contributed by atoms with Crippen LogP contribution in [-0.4, -0.2) is 32.7 Å². The van der Waals surface area contributed by atoms with Gasteiger partial charge in [0, 0.05) is 18.9 Å². The Morgan fingerprint density at radius 1 is 1.38 bits per heavy atom. The van der Waals surface area contributed by atoms with Crippen molar-refractivity contribution < 1.29 is 19.8 Å². The number of amides is 1. The van der Waals surface area contributed by atoms with Crippen LogP contribution in [-0.2, 0) is 9.59 Å². The summed E-state index contributed by atoms with van der Waals surface area (Å²) in [5.74, 6) is -1.37. The second kappa shape index (κ2) is 6.28. The third-order valence-electron chi connectivity index (χ3n) is 3.03. The third kappa shape index (κ3) is 3.43. The largest absolute Gasteiger partial charge is 0.550 e. The predicted molar refractivity (Wildman–Crippen MR) is 82.2 cm³/mol. The first-order valence-corrected chi connectivity index (χ1v) is 7.36. The molecule has 0 saturated carbocycles. The fourth-order valence-corrected chi connectivity index (χ4v) is 3.22. The lowest BCUT2D eigenvalue weighted by atomic mass is 10.1. The molecule has 5 nitrogen and oxygen atoms in total. The van der Waals surface area contributed by atoms with E-state index in [-0.39, 0.29) is 24.6 Å². The van der Waals surface area contributed by atoms with Crippen molar-refractivity contribution in [1.82, 2.24) is 4.90 Å². The average molecular weight is 322 g/mol. The molecule has 1 heterocycles. The number of carboxylic acid groups (broad SMARTS) is 1. The van der Waals surface area contributed by atoms with Gasteiger partial charge >= 0.3 is 0 Å². The van der Waals surface area contributed by atoms with E-state index >= 15 is 0 Å². The Morgan fingerprint density at radius 2 is 2.00 bits per heavy atom. The molecule has 1 aliphatic heterocycles. The van der Waals surface area contributed by atoms with Crippen LogP contribution in [0, 0.1) is 0 Å². The normalized spacial score (nSPS) is 17.3. The lowest BCUT2D eigenvalue weighted by Crippen LogP contribution is -2.33. The number of carbonyl (C=O) groups is 2. The molecule has 0 aromatic heterocycles. The van der Waals surface area contributed by atoms with E-state index in [9.17, 15) is 19.8 Å². The molecule has 1 N–H and O–H groups in total. The van der Waals surface area contributed by atoms with Crippen LogP contribution in [0.1, 0.15) is 18.9 Å². The van der Waals surface area contributed by atoms with Gasteiger partial charge < -0.3 is 15.0 Å². The van der Waals surface area contributed by atoms with E-state index in [1.165, 1.54) is 17.0 Å². The fraction of sp³-hybridized carbons (Fsp3) is 0.214. The van der Waals surface area contributed by atoms with Crippen molar-refractivity contribution in [3.8, 4) is 5.75 Å². The maximum Gasteiger partial charge on any atom is 0.266 e. The lowest BCUT2D eigenvalue weighted by molar-refractivity contribution is -0.305. The summed E-state index contributed by atoms with van der Waals surface area (Å²) in [6.45, 7) is 1.80. The Balaban J connectivity index is 2.26. The minimum Gasteiger partial charge on any atom is -0.550 e. The first-order valence-electron chi connectivity index (χ1n) is 6.14. The van der Waals surface area contributed by atoms with Gasteiger partial charge in [0.15, 0.2) is 0 Å². The Kier molecular flexibility index (Phi) is 4.64. The molecule has 7 heteroatoms. The van der Waals surface area contributed by atoms with Crippen LogP contribution in [0.15, 0.2) is 29.2 Å². The summed E-state index contributed by atoms with van der Waals surface area (Å²) in [7, 11) is 0. The van der Waals surface area contributed by atoms with E-state index in [4.69, 9.17) is 12.2 Å². The number of hydrogen-bond donors (Lipinski definition) is 1. The molecule has 1 saturated heterocycles. The third-order valence-corrected chi connectivity index (χ3v) is 4.58. The molecule has 110 valence electrons. The zero-order chi connectivity index (χ0) is 15.6. The van der Waals surface area contributed by atoms with Gasteiger partial charge in [-0.15, -0.1) is 0 Å². The number of aromatic hydroxyl groups is 1. The molecule has 0 aliphatic carbocycles. The van der Waals surface area contributed by atoms with Crippen LogP contribution in [0.25, 0.3) is 5.57 Å². The van der Waals surface area contributed by atoms with Crippen molar-refractivity contribution in [3.63, 3.8) is 0 Å². The molecule has 0 spiro atoms. The Morgan fingerprint density at radius 3 is 2.57 bits per heavy atom. The van der Waals surface area contributed by atoms with Gasteiger partial charge in [-0.3, -0.25) is 9.69 Å². The Labute approximate surface area is 131 Å². The highest BCUT2D eigenvalue weighted by molar-refractivity contribution is 8.26. The molecule has 21 heavy (non-hydrogen) atoms. The monoisotopic (exact) mass is 322 g/mol. The van der Waals surface area contributed by atoms with E-state index in [1.807, 2.05) is 0 Å². The predicted octanol–water partition coefficient (Wildman–Crippen LogP) is 1.12. The van der Waals surface area contributed by atoms with Gasteiger partial charge in [-0.05, 0) is 30.2 Å². The number of rotatable bonds is 4. The van der Waals surface area contributed by atoms with Crippen LogP contribution in [0.2, 0.25) is 0 Å². The molecule has 0 atom stereocenters. The minimum absolute atomic E-state index is 0.0133. The van der Waals surface area contributed by atoms with Gasteiger partial charge in [0.25, 0.3) is 5.91 Å². The number of phenols is 1. The van der Waals surface area contributed by atoms with Crippen LogP contribution >= 0.6 is 24.0 Å². The highest BCUT2D eigenvalue weighted by atomic mass is 32.2. The van der Waals surface area contributed by atoms with Crippen LogP contribution in [0.3, 0.4) is 0 Å². The number of benzene rings is 1. The zero-order valence-corrected chi connectivity index (χ0v) is 12.8. The summed E-state index contributed by atoms with van der Waals surface area (Å²) in [6, 6.07) is 6.49. The van der Waals surface area contributed by atoms with Gasteiger partial charge in [0.05, 0.1) is 4.91 Å². The molecule has 1 fully saturated rings. The molecule has 1 aromatic carbocycles. The second-order valence-corrected chi connectivity index (χ2v) is 6.09. The molecule has 1 aromatic rings. The minimum atomic E-state index is -1.22. The van der Waals surface area contributed by atoms with Crippen molar-refractivity contribution in [3.05, 3.63) is 34.7 Å². The van der Waals surface area contributed by atoms with Gasteiger partial charge in [-0.2, -0.15) is 0 Å². The average Bonchev–Trinajstić information content (AvgIpc) is 2.72. The van der Waals surface area contributed by atoms with Gasteiger partial charge in [-0.1, -0.05) is 36.1 Å². The van der Waals surface area contributed by atoms with E-state index in [1.54, 1.807) is 19.1 Å². The van der Waals surface area contributed by atoms with Crippen molar-refractivity contribution in [2.45, 2.75) is 13.3 Å². The molecule has 0 bridgehead atoms. The maximum atomic E-state index is 12.3. The summed E-state index contributed by atoms with van der Waals surface area (Å²) in [5, 5.41) is 19.8. The topological polar surface area (TPSA) is 80.7 Å². The number of carbonyl (C=O) groups excluding carboxylic acids is 2. The number of thioether (sulfide) groups is 1. The molecule has 1 amide bonds. The van der Waals surface area contributed by atoms with E-state index in [0.29, 0.717) is 9.23 Å². The lowest BCUT2D eigenvalue weighted by Gasteiger charge is -2.14. The second-order valence-electron chi connectivity index (χ2n) is 4.45. The molecule has 0 radical (unpaired) electrons. The van der Waals surface area contributed by atoms with Crippen LogP contribution in [0.5, 0.6) is 5.75 Å². The Bertz CT molecular complexity index is 637. The van der Waals surface area contributed by atoms with E-state index in [2.05, 4.69) is 0 Å². The summed E-state index contributed by atoms with van der Waals surface area (Å²) < 4.78 is 0.342. The highest BCUT2D eigenvalue weighted by Gasteiger charge is 2.33. The summed E-state index contributed by atoms with van der Waals surface area (Å²) >= 11 is 6.27. The number of aliphatic carboxylic acids is 1. The van der Waals surface area contributed by atoms with Crippen LogP contribution in [0.4, 0.5) is 0 Å². The number of nitrogens with zero attached hydrogens (tertiary/aromatic N) is 1. The molecule has 0 unspecified atom stereocenters. The van der Waals surface area contributed by atoms with E-state index < -0.39 is 5.97 Å². The summed E-state index contributed by atoms with van der Waals surface area (Å²) in [5.41, 5.74) is 1.54. The highest BCUT2D eigenvalue weighted by Crippen LogP contribution is 2.36. The molecular weight excluding hydrogens is 310 g/mol. The van der Waals surface area contributed by atoms with Crippen molar-refractivity contribution in [2.75, 3.05) is 6.54 Å².